The number of halogens is 3. The van der Waals surface area contributed by atoms with Crippen LogP contribution in [0.25, 0.3) is 5.69 Å². The van der Waals surface area contributed by atoms with Crippen molar-refractivity contribution < 1.29 is 23.0 Å². The van der Waals surface area contributed by atoms with Crippen molar-refractivity contribution in [3.63, 3.8) is 0 Å². The van der Waals surface area contributed by atoms with E-state index in [1.165, 1.54) is 13.3 Å². The Labute approximate surface area is 198 Å². The Morgan fingerprint density at radius 3 is 2.57 bits per heavy atom. The first-order valence-corrected chi connectivity index (χ1v) is 10.5. The number of rotatable bonds is 8. The molecule has 0 aliphatic rings. The van der Waals surface area contributed by atoms with Gasteiger partial charge < -0.3 is 24.3 Å². The third-order valence-electron chi connectivity index (χ3n) is 5.38. The van der Waals surface area contributed by atoms with Gasteiger partial charge in [-0.2, -0.15) is 0 Å². The second kappa shape index (κ2) is 10.0. The number of hydrogen-bond donors (Lipinski definition) is 2. The first-order valence-electron chi connectivity index (χ1n) is 10.5. The molecule has 0 amide bonds. The van der Waals surface area contributed by atoms with Crippen LogP contribution in [0.15, 0.2) is 66.2 Å². The number of benzene rings is 1. The number of aliphatic hydroxyl groups excluding tert-OH is 1. The molecule has 0 radical (unpaired) electrons. The van der Waals surface area contributed by atoms with Crippen LogP contribution in [0.4, 0.5) is 24.5 Å². The summed E-state index contributed by atoms with van der Waals surface area (Å²) in [7, 11) is 1.48. The molecule has 35 heavy (non-hydrogen) atoms. The maximum absolute atomic E-state index is 13.7. The minimum atomic E-state index is -2.89. The highest BCUT2D eigenvalue weighted by atomic mass is 19.3. The minimum Gasteiger partial charge on any atom is -0.494 e. The van der Waals surface area contributed by atoms with E-state index < -0.39 is 36.0 Å². The summed E-state index contributed by atoms with van der Waals surface area (Å²) in [4.78, 5) is 21.2. The first kappa shape index (κ1) is 24.0. The van der Waals surface area contributed by atoms with Crippen LogP contribution in [-0.4, -0.2) is 37.9 Å². The lowest BCUT2D eigenvalue weighted by Crippen LogP contribution is -2.29. The summed E-state index contributed by atoms with van der Waals surface area (Å²) in [6.45, 7) is 1.21. The molecule has 1 atom stereocenters. The lowest BCUT2D eigenvalue weighted by Gasteiger charge is -2.21. The quantitative estimate of drug-likeness (QED) is 0.390. The number of aryl methyl sites for hydroxylation is 1. The van der Waals surface area contributed by atoms with Gasteiger partial charge in [-0.3, -0.25) is 9.78 Å². The maximum Gasteiger partial charge on any atom is 0.274 e. The van der Waals surface area contributed by atoms with Crippen LogP contribution >= 0.6 is 0 Å². The summed E-state index contributed by atoms with van der Waals surface area (Å²) < 4.78 is 49.2. The van der Waals surface area contributed by atoms with Gasteiger partial charge in [0.25, 0.3) is 12.0 Å². The van der Waals surface area contributed by atoms with Crippen LogP contribution in [0.3, 0.4) is 0 Å². The number of nitrogens with zero attached hydrogens (tertiary/aromatic N) is 4. The first-order chi connectivity index (χ1) is 16.8. The van der Waals surface area contributed by atoms with E-state index in [2.05, 4.69) is 15.3 Å². The number of aromatic nitrogens is 4. The van der Waals surface area contributed by atoms with Gasteiger partial charge in [0.1, 0.15) is 17.3 Å². The second-order valence-electron chi connectivity index (χ2n) is 7.77. The number of alkyl halides is 2. The van der Waals surface area contributed by atoms with Crippen LogP contribution in [0, 0.1) is 12.7 Å². The fourth-order valence-corrected chi connectivity index (χ4v) is 3.71. The van der Waals surface area contributed by atoms with Gasteiger partial charge >= 0.3 is 0 Å². The predicted octanol–water partition coefficient (Wildman–Crippen LogP) is 4.15. The monoisotopic (exact) mass is 485 g/mol. The molecule has 4 rings (SSSR count). The highest BCUT2D eigenvalue weighted by molar-refractivity contribution is 5.65. The largest absolute Gasteiger partial charge is 0.494 e. The van der Waals surface area contributed by atoms with Crippen molar-refractivity contribution >= 4 is 11.4 Å². The number of pyridine rings is 2. The molecule has 0 spiro atoms. The Kier molecular flexibility index (Phi) is 6.87. The molecule has 0 saturated heterocycles. The van der Waals surface area contributed by atoms with Crippen molar-refractivity contribution in [3.05, 3.63) is 94.4 Å². The molecule has 0 aliphatic carbocycles. The third kappa shape index (κ3) is 5.04. The van der Waals surface area contributed by atoms with Crippen molar-refractivity contribution in [2.75, 3.05) is 19.0 Å². The van der Waals surface area contributed by atoms with Gasteiger partial charge in [-0.15, -0.1) is 0 Å². The van der Waals surface area contributed by atoms with E-state index in [0.717, 1.165) is 34.8 Å². The van der Waals surface area contributed by atoms with Crippen molar-refractivity contribution in [3.8, 4) is 11.4 Å². The van der Waals surface area contributed by atoms with Gasteiger partial charge in [-0.05, 0) is 36.8 Å². The van der Waals surface area contributed by atoms with Crippen molar-refractivity contribution in [1.29, 1.82) is 0 Å². The Morgan fingerprint density at radius 2 is 1.94 bits per heavy atom. The van der Waals surface area contributed by atoms with E-state index in [-0.39, 0.29) is 11.3 Å². The van der Waals surface area contributed by atoms with Gasteiger partial charge in [-0.25, -0.2) is 18.2 Å². The number of anilines is 2. The molecule has 0 aliphatic heterocycles. The lowest BCUT2D eigenvalue weighted by atomic mass is 10.1. The molecule has 0 saturated carbocycles. The van der Waals surface area contributed by atoms with Gasteiger partial charge in [0.2, 0.25) is 0 Å². The normalized spacial score (nSPS) is 12.1. The van der Waals surface area contributed by atoms with Crippen LogP contribution in [-0.2, 0) is 0 Å². The summed E-state index contributed by atoms with van der Waals surface area (Å²) in [6.07, 6.45) is 3.72. The highest BCUT2D eigenvalue weighted by Crippen LogP contribution is 2.30. The molecular formula is C24H22F3N5O3. The van der Waals surface area contributed by atoms with Gasteiger partial charge in [0.05, 0.1) is 43.7 Å². The van der Waals surface area contributed by atoms with Crippen LogP contribution in [0.2, 0.25) is 0 Å². The van der Waals surface area contributed by atoms with Crippen molar-refractivity contribution in [1.82, 2.24) is 19.1 Å². The van der Waals surface area contributed by atoms with E-state index in [4.69, 9.17) is 4.74 Å². The average Bonchev–Trinajstić information content (AvgIpc) is 3.27. The van der Waals surface area contributed by atoms with Crippen LogP contribution in [0.5, 0.6) is 5.75 Å². The molecule has 182 valence electrons. The third-order valence-corrected chi connectivity index (χ3v) is 5.38. The SMILES string of the molecule is COc1cc(Nc2cc(C(F)F)cn([C@@H](CO)c3cncc(F)c3)c2=O)ccc1-n1cnc(C)c1. The smallest absolute Gasteiger partial charge is 0.274 e. The van der Waals surface area contributed by atoms with Crippen LogP contribution in [0.1, 0.15) is 29.3 Å². The molecule has 2 N–H and O–H groups in total. The molecule has 0 fully saturated rings. The Morgan fingerprint density at radius 1 is 1.14 bits per heavy atom. The number of aliphatic hydroxyl groups is 1. The lowest BCUT2D eigenvalue weighted by molar-refractivity contribution is 0.149. The highest BCUT2D eigenvalue weighted by Gasteiger charge is 2.21. The molecule has 8 nitrogen and oxygen atoms in total. The maximum atomic E-state index is 13.7. The number of ether oxygens (including phenoxy) is 1. The van der Waals surface area contributed by atoms with Gasteiger partial charge in [-0.1, -0.05) is 0 Å². The Balaban J connectivity index is 1.76. The van der Waals surface area contributed by atoms with E-state index in [1.54, 1.807) is 29.1 Å². The van der Waals surface area contributed by atoms with E-state index in [9.17, 15) is 23.1 Å². The zero-order valence-corrected chi connectivity index (χ0v) is 18.8. The van der Waals surface area contributed by atoms with E-state index in [1.807, 2.05) is 13.1 Å². The zero-order chi connectivity index (χ0) is 25.1. The summed E-state index contributed by atoms with van der Waals surface area (Å²) in [5.74, 6) is -0.227. The van der Waals surface area contributed by atoms with Crippen molar-refractivity contribution in [2.24, 2.45) is 0 Å². The predicted molar refractivity (Wildman–Crippen MR) is 123 cm³/mol. The number of hydrogen-bond acceptors (Lipinski definition) is 6. The van der Waals surface area contributed by atoms with Crippen molar-refractivity contribution in [2.45, 2.75) is 19.4 Å². The van der Waals surface area contributed by atoms with Gasteiger partial charge in [0.15, 0.2) is 0 Å². The summed E-state index contributed by atoms with van der Waals surface area (Å²) in [5.41, 5.74) is 0.776. The molecule has 4 aromatic rings. The summed E-state index contributed by atoms with van der Waals surface area (Å²) in [6, 6.07) is 6.01. The average molecular weight is 485 g/mol. The molecule has 0 unspecified atom stereocenters. The standard InChI is InChI=1S/C24H22F3N5O3/c1-14-10-31(13-29-14)20-4-3-18(7-22(20)35-2)30-19-6-16(23(26)27)11-32(24(19)34)21(12-33)15-5-17(25)9-28-8-15/h3-11,13,21,23,30,33H,12H2,1-2H3/t21-/m0/s1. The molecular weight excluding hydrogens is 463 g/mol. The molecule has 1 aromatic carbocycles. The Bertz CT molecular complexity index is 1400. The minimum absolute atomic E-state index is 0.154. The summed E-state index contributed by atoms with van der Waals surface area (Å²) >= 11 is 0. The second-order valence-corrected chi connectivity index (χ2v) is 7.77. The Hall–Kier alpha value is -4.12. The number of imidazole rings is 1. The molecule has 0 bridgehead atoms. The fourth-order valence-electron chi connectivity index (χ4n) is 3.71. The fraction of sp³-hybridized carbons (Fsp3) is 0.208. The zero-order valence-electron chi connectivity index (χ0n) is 18.8. The number of methoxy groups -OCH3 is 1. The number of nitrogens with one attached hydrogen (secondary N) is 1. The molecule has 3 aromatic heterocycles. The molecule has 11 heteroatoms. The van der Waals surface area contributed by atoms with Crippen LogP contribution < -0.4 is 15.6 Å². The molecule has 3 heterocycles. The van der Waals surface area contributed by atoms with Gasteiger partial charge in [0, 0.05) is 35.9 Å². The topological polar surface area (TPSA) is 94.2 Å². The van der Waals surface area contributed by atoms with E-state index >= 15 is 0 Å². The summed E-state index contributed by atoms with van der Waals surface area (Å²) in [5, 5.41) is 12.8. The van der Waals surface area contributed by atoms with E-state index in [0.29, 0.717) is 17.1 Å².